The molecule has 220 valence electrons. The minimum Gasteiger partial charge on any atom is -0.489 e. The molecule has 0 atom stereocenters. The van der Waals surface area contributed by atoms with Crippen LogP contribution in [0.5, 0.6) is 5.75 Å². The van der Waals surface area contributed by atoms with Gasteiger partial charge in [0.1, 0.15) is 6.61 Å². The Morgan fingerprint density at radius 1 is 0.786 bits per heavy atom. The quantitative estimate of drug-likeness (QED) is 0.219. The van der Waals surface area contributed by atoms with Gasteiger partial charge in [-0.15, -0.1) is 0 Å². The molecule has 0 unspecified atom stereocenters. The fourth-order valence-electron chi connectivity index (χ4n) is 4.55. The number of hydrogen-bond acceptors (Lipinski definition) is 4. The van der Waals surface area contributed by atoms with Gasteiger partial charge in [-0.1, -0.05) is 26.0 Å². The summed E-state index contributed by atoms with van der Waals surface area (Å²) >= 11 is 0. The number of rotatable bonds is 9. The maximum absolute atomic E-state index is 14.9. The van der Waals surface area contributed by atoms with Gasteiger partial charge in [0, 0.05) is 23.3 Å². The highest BCUT2D eigenvalue weighted by Crippen LogP contribution is 2.26. The molecule has 1 saturated heterocycles. The summed E-state index contributed by atoms with van der Waals surface area (Å²) in [4.78, 5) is 30.2. The molecular weight excluding hydrogens is 555 g/mol. The van der Waals surface area contributed by atoms with Crippen molar-refractivity contribution in [2.24, 2.45) is 0 Å². The lowest BCUT2D eigenvalue weighted by atomic mass is 9.93. The summed E-state index contributed by atoms with van der Waals surface area (Å²) in [6.45, 7) is 6.11. The van der Waals surface area contributed by atoms with Crippen molar-refractivity contribution < 1.29 is 36.3 Å². The highest BCUT2D eigenvalue weighted by Gasteiger charge is 2.30. The number of hydrogen-bond donors (Lipinski definition) is 0. The summed E-state index contributed by atoms with van der Waals surface area (Å²) in [7, 11) is 0. The topological polar surface area (TPSA) is 49.9 Å². The van der Waals surface area contributed by atoms with Crippen molar-refractivity contribution in [3.05, 3.63) is 112 Å². The first-order chi connectivity index (χ1) is 20.1. The molecule has 1 aliphatic heterocycles. The van der Waals surface area contributed by atoms with Gasteiger partial charge in [-0.25, -0.2) is 22.0 Å². The van der Waals surface area contributed by atoms with Crippen molar-refractivity contribution in [1.82, 2.24) is 9.80 Å². The Labute approximate surface area is 240 Å². The molecule has 4 rings (SSSR count). The molecule has 42 heavy (non-hydrogen) atoms. The number of amides is 1. The summed E-state index contributed by atoms with van der Waals surface area (Å²) in [6.07, 6.45) is 2.63. The van der Waals surface area contributed by atoms with E-state index in [-0.39, 0.29) is 53.3 Å². The molecule has 0 saturated carbocycles. The van der Waals surface area contributed by atoms with Gasteiger partial charge in [0.25, 0.3) is 5.91 Å². The molecule has 0 radical (unpaired) electrons. The number of benzene rings is 3. The van der Waals surface area contributed by atoms with Crippen LogP contribution in [0, 0.1) is 29.1 Å². The van der Waals surface area contributed by atoms with E-state index in [2.05, 4.69) is 4.90 Å². The second-order valence-electron chi connectivity index (χ2n) is 9.70. The zero-order valence-electron chi connectivity index (χ0n) is 23.1. The molecule has 0 aromatic heterocycles. The van der Waals surface area contributed by atoms with Crippen molar-refractivity contribution in [2.75, 3.05) is 39.3 Å². The Morgan fingerprint density at radius 2 is 1.33 bits per heavy atom. The van der Waals surface area contributed by atoms with Crippen LogP contribution in [-0.2, 0) is 4.79 Å². The van der Waals surface area contributed by atoms with Gasteiger partial charge in [0.2, 0.25) is 0 Å². The van der Waals surface area contributed by atoms with Crippen molar-refractivity contribution >= 4 is 23.8 Å². The van der Waals surface area contributed by atoms with Crippen molar-refractivity contribution in [3.63, 3.8) is 0 Å². The molecule has 1 aliphatic rings. The number of nitrogens with zero attached hydrogens (tertiary/aromatic N) is 2. The molecule has 10 heteroatoms. The minimum absolute atomic E-state index is 0.00250. The first-order valence-corrected chi connectivity index (χ1v) is 13.4. The number of likely N-dealkylation sites (tertiary alicyclic amines) is 1. The van der Waals surface area contributed by atoms with Crippen LogP contribution in [0.1, 0.15) is 35.3 Å². The lowest BCUT2D eigenvalue weighted by molar-refractivity contribution is -0.113. The van der Waals surface area contributed by atoms with E-state index in [0.29, 0.717) is 6.54 Å². The molecule has 0 aliphatic carbocycles. The van der Waals surface area contributed by atoms with Gasteiger partial charge in [0.15, 0.2) is 40.6 Å². The normalized spacial score (nSPS) is 15.6. The van der Waals surface area contributed by atoms with Crippen LogP contribution in [0.25, 0.3) is 12.2 Å². The number of ether oxygens (including phenoxy) is 1. The summed E-state index contributed by atoms with van der Waals surface area (Å²) in [6, 6.07) is 9.98. The number of Topliss-reactive ketones (excluding diaryl/α,β-unsaturated/α-hetero) is 1. The number of piperidine rings is 1. The third kappa shape index (κ3) is 7.30. The summed E-state index contributed by atoms with van der Waals surface area (Å²) < 4.78 is 75.0. The van der Waals surface area contributed by atoms with E-state index in [0.717, 1.165) is 43.4 Å². The van der Waals surface area contributed by atoms with Crippen molar-refractivity contribution in [1.29, 1.82) is 0 Å². The smallest absolute Gasteiger partial charge is 0.254 e. The van der Waals surface area contributed by atoms with Crippen LogP contribution < -0.4 is 4.74 Å². The van der Waals surface area contributed by atoms with E-state index in [1.807, 2.05) is 13.8 Å². The first kappa shape index (κ1) is 30.6. The fourth-order valence-corrected chi connectivity index (χ4v) is 4.55. The lowest BCUT2D eigenvalue weighted by Crippen LogP contribution is -2.41. The Balaban J connectivity index is 1.63. The molecule has 0 spiro atoms. The number of likely N-dealkylation sites (N-methyl/N-ethyl adjacent to an activating group) is 1. The minimum atomic E-state index is -1.12. The van der Waals surface area contributed by atoms with Gasteiger partial charge in [-0.3, -0.25) is 9.59 Å². The van der Waals surface area contributed by atoms with Crippen LogP contribution in [0.3, 0.4) is 0 Å². The third-order valence-corrected chi connectivity index (χ3v) is 6.90. The van der Waals surface area contributed by atoms with E-state index in [4.69, 9.17) is 4.74 Å². The fraction of sp³-hybridized carbons (Fsp3) is 0.250. The van der Waals surface area contributed by atoms with Crippen LogP contribution in [0.4, 0.5) is 22.0 Å². The monoisotopic (exact) mass is 584 g/mol. The highest BCUT2D eigenvalue weighted by atomic mass is 19.2. The second-order valence-corrected chi connectivity index (χ2v) is 9.70. The van der Waals surface area contributed by atoms with Crippen molar-refractivity contribution in [3.8, 4) is 5.75 Å². The predicted octanol–water partition coefficient (Wildman–Crippen LogP) is 6.29. The molecule has 0 N–H and O–H groups in total. The molecule has 1 fully saturated rings. The molecule has 1 heterocycles. The molecule has 5 nitrogen and oxygen atoms in total. The van der Waals surface area contributed by atoms with Crippen LogP contribution >= 0.6 is 0 Å². The Bertz CT molecular complexity index is 1480. The van der Waals surface area contributed by atoms with Gasteiger partial charge in [-0.05, 0) is 78.8 Å². The van der Waals surface area contributed by atoms with E-state index >= 15 is 0 Å². The summed E-state index contributed by atoms with van der Waals surface area (Å²) in [5, 5.41) is 0. The maximum atomic E-state index is 14.9. The number of carbonyl (C=O) groups is 2. The van der Waals surface area contributed by atoms with Crippen LogP contribution in [-0.4, -0.2) is 60.8 Å². The molecule has 0 bridgehead atoms. The molecule has 3 aromatic rings. The van der Waals surface area contributed by atoms with E-state index in [9.17, 15) is 31.5 Å². The maximum Gasteiger partial charge on any atom is 0.254 e. The van der Waals surface area contributed by atoms with Crippen LogP contribution in [0.15, 0.2) is 65.7 Å². The summed E-state index contributed by atoms with van der Waals surface area (Å²) in [5.74, 6) is -6.23. The van der Waals surface area contributed by atoms with Gasteiger partial charge >= 0.3 is 0 Å². The second kappa shape index (κ2) is 13.6. The lowest BCUT2D eigenvalue weighted by Gasteiger charge is -2.30. The van der Waals surface area contributed by atoms with Gasteiger partial charge in [0.05, 0.1) is 13.1 Å². The Kier molecular flexibility index (Phi) is 9.90. The number of halogens is 5. The molecule has 1 amide bonds. The highest BCUT2D eigenvalue weighted by molar-refractivity contribution is 6.15. The zero-order valence-corrected chi connectivity index (χ0v) is 23.1. The predicted molar refractivity (Wildman–Crippen MR) is 149 cm³/mol. The van der Waals surface area contributed by atoms with E-state index in [1.165, 1.54) is 41.3 Å². The van der Waals surface area contributed by atoms with E-state index in [1.54, 1.807) is 0 Å². The average Bonchev–Trinajstić information content (AvgIpc) is 2.97. The first-order valence-electron chi connectivity index (χ1n) is 13.4. The standard InChI is InChI=1S/C32H29F5N2O3/c1-3-38(4-2)11-12-42-30-10-7-22(17-29(30)37)32(41)39-18-23(13-20-5-8-25(33)27(35)15-20)31(40)24(19-39)14-21-6-9-26(34)28(36)16-21/h5-10,13-17H,3-4,11-12,18-19H2,1-2H3/b23-13+,24-14+. The zero-order chi connectivity index (χ0) is 30.4. The summed E-state index contributed by atoms with van der Waals surface area (Å²) in [5.41, 5.74) is 0.474. The third-order valence-electron chi connectivity index (χ3n) is 6.90. The Morgan fingerprint density at radius 3 is 1.81 bits per heavy atom. The SMILES string of the molecule is CCN(CC)CCOc1ccc(C(=O)N2C/C(=C\c3ccc(F)c(F)c3)C(=O)/C(=C/c3ccc(F)c(F)c3)C2)cc1F. The van der Waals surface area contributed by atoms with Gasteiger partial charge < -0.3 is 14.5 Å². The Hall–Kier alpha value is -4.31. The average molecular weight is 585 g/mol. The number of ketones is 1. The molecular formula is C32H29F5N2O3. The van der Waals surface area contributed by atoms with Crippen molar-refractivity contribution in [2.45, 2.75) is 13.8 Å². The largest absolute Gasteiger partial charge is 0.489 e. The van der Waals surface area contributed by atoms with Gasteiger partial charge in [-0.2, -0.15) is 0 Å². The molecule has 3 aromatic carbocycles. The van der Waals surface area contributed by atoms with E-state index < -0.39 is 40.8 Å². The van der Waals surface area contributed by atoms with Crippen LogP contribution in [0.2, 0.25) is 0 Å². The number of carbonyl (C=O) groups excluding carboxylic acids is 2.